The van der Waals surface area contributed by atoms with E-state index in [4.69, 9.17) is 4.74 Å². The Bertz CT molecular complexity index is 923. The zero-order valence-corrected chi connectivity index (χ0v) is 19.3. The molecule has 0 spiro atoms. The second-order valence-electron chi connectivity index (χ2n) is 9.24. The molecule has 4 nitrogen and oxygen atoms in total. The van der Waals surface area contributed by atoms with Crippen LogP contribution in [0.4, 0.5) is 0 Å². The van der Waals surface area contributed by atoms with Gasteiger partial charge in [-0.1, -0.05) is 45.0 Å². The first-order valence-corrected chi connectivity index (χ1v) is 12.6. The molecule has 2 aromatic carbocycles. The number of ketones is 1. The van der Waals surface area contributed by atoms with Crippen LogP contribution < -0.4 is 4.74 Å². The molecule has 0 radical (unpaired) electrons. The van der Waals surface area contributed by atoms with Crippen LogP contribution in [0.2, 0.25) is 0 Å². The highest BCUT2D eigenvalue weighted by atomic mass is 32.3. The predicted molar refractivity (Wildman–Crippen MR) is 124 cm³/mol. The van der Waals surface area contributed by atoms with E-state index in [0.29, 0.717) is 0 Å². The van der Waals surface area contributed by atoms with Crippen molar-refractivity contribution in [2.24, 2.45) is 5.41 Å². The molecule has 2 aromatic rings. The summed E-state index contributed by atoms with van der Waals surface area (Å²) in [6.45, 7) is 9.67. The summed E-state index contributed by atoms with van der Waals surface area (Å²) in [7, 11) is 0.450. The number of carbonyl (C=O) groups excluding carboxylic acids is 2. The SMILES string of the molecule is COc1ccc(C(=O)C(C(C)(C)C)S2(C)CCN(C(C)=O)CC2)c2ccccc12. The molecule has 1 amide bonds. The average Bonchev–Trinajstić information content (AvgIpc) is 2.66. The number of rotatable bonds is 4. The average molecular weight is 416 g/mol. The lowest BCUT2D eigenvalue weighted by Crippen LogP contribution is -2.49. The molecule has 3 rings (SSSR count). The van der Waals surface area contributed by atoms with Gasteiger partial charge in [-0.3, -0.25) is 9.59 Å². The Morgan fingerprint density at radius 3 is 2.14 bits per heavy atom. The van der Waals surface area contributed by atoms with Gasteiger partial charge in [-0.2, -0.15) is 0 Å². The van der Waals surface area contributed by atoms with Gasteiger partial charge in [-0.25, -0.2) is 10.0 Å². The Balaban J connectivity index is 2.05. The fourth-order valence-corrected chi connectivity index (χ4v) is 9.01. The minimum absolute atomic E-state index is 0.0547. The van der Waals surface area contributed by atoms with Crippen LogP contribution >= 0.6 is 10.0 Å². The van der Waals surface area contributed by atoms with Crippen LogP contribution in [0.3, 0.4) is 0 Å². The molecule has 158 valence electrons. The van der Waals surface area contributed by atoms with E-state index in [1.54, 1.807) is 14.0 Å². The second-order valence-corrected chi connectivity index (χ2v) is 13.2. The number of ether oxygens (including phenoxy) is 1. The van der Waals surface area contributed by atoms with Gasteiger partial charge in [0, 0.05) is 31.0 Å². The molecule has 29 heavy (non-hydrogen) atoms. The van der Waals surface area contributed by atoms with Crippen molar-refractivity contribution in [1.82, 2.24) is 4.90 Å². The van der Waals surface area contributed by atoms with E-state index in [0.717, 1.165) is 46.7 Å². The summed E-state index contributed by atoms with van der Waals surface area (Å²) in [6.07, 6.45) is 2.31. The van der Waals surface area contributed by atoms with E-state index in [9.17, 15) is 9.59 Å². The topological polar surface area (TPSA) is 46.6 Å². The molecule has 0 aliphatic carbocycles. The quantitative estimate of drug-likeness (QED) is 0.678. The molecule has 0 bridgehead atoms. The van der Waals surface area contributed by atoms with E-state index in [1.165, 1.54) is 0 Å². The summed E-state index contributed by atoms with van der Waals surface area (Å²) in [5.41, 5.74) is 0.629. The standard InChI is InChI=1S/C24H33NO3S/c1-17(26)25-13-15-29(6,16-14-25)23(24(2,3)4)22(27)20-11-12-21(28-5)19-10-8-7-9-18(19)20/h7-12,23H,13-16H2,1-6H3. The van der Waals surface area contributed by atoms with E-state index in [2.05, 4.69) is 27.0 Å². The van der Waals surface area contributed by atoms with E-state index < -0.39 is 10.0 Å². The predicted octanol–water partition coefficient (Wildman–Crippen LogP) is 4.74. The zero-order chi connectivity index (χ0) is 21.4. The Morgan fingerprint density at radius 2 is 1.62 bits per heavy atom. The number of hydrogen-bond acceptors (Lipinski definition) is 3. The first-order valence-electron chi connectivity index (χ1n) is 10.2. The molecule has 0 aromatic heterocycles. The van der Waals surface area contributed by atoms with Crippen molar-refractivity contribution >= 4 is 32.5 Å². The summed E-state index contributed by atoms with van der Waals surface area (Å²) in [5, 5.41) is 1.87. The number of benzene rings is 2. The minimum Gasteiger partial charge on any atom is -0.496 e. The Kier molecular flexibility index (Phi) is 6.00. The number of amides is 1. The molecule has 1 unspecified atom stereocenters. The number of nitrogens with zero attached hydrogens (tertiary/aromatic N) is 1. The van der Waals surface area contributed by atoms with Crippen LogP contribution in [0.1, 0.15) is 38.1 Å². The normalized spacial score (nSPS) is 18.9. The highest BCUT2D eigenvalue weighted by Crippen LogP contribution is 2.57. The van der Waals surface area contributed by atoms with Crippen molar-refractivity contribution in [1.29, 1.82) is 0 Å². The Hall–Kier alpha value is -2.01. The summed E-state index contributed by atoms with van der Waals surface area (Å²) in [6, 6.07) is 11.8. The van der Waals surface area contributed by atoms with Crippen LogP contribution in [-0.2, 0) is 4.79 Å². The fourth-order valence-electron chi connectivity index (χ4n) is 4.71. The van der Waals surface area contributed by atoms with E-state index >= 15 is 0 Å². The van der Waals surface area contributed by atoms with Crippen molar-refractivity contribution in [3.8, 4) is 5.75 Å². The third-order valence-corrected chi connectivity index (χ3v) is 10.4. The van der Waals surface area contributed by atoms with Crippen LogP contribution in [0, 0.1) is 5.41 Å². The molecule has 5 heteroatoms. The molecular formula is C24H33NO3S. The van der Waals surface area contributed by atoms with Crippen molar-refractivity contribution in [2.45, 2.75) is 32.9 Å². The molecular weight excluding hydrogens is 382 g/mol. The van der Waals surface area contributed by atoms with Gasteiger partial charge in [0.2, 0.25) is 5.91 Å². The third-order valence-electron chi connectivity index (χ3n) is 6.06. The number of methoxy groups -OCH3 is 1. The number of fused-ring (bicyclic) bond motifs is 1. The van der Waals surface area contributed by atoms with Crippen LogP contribution in [-0.4, -0.2) is 59.8 Å². The van der Waals surface area contributed by atoms with Gasteiger partial charge >= 0.3 is 0 Å². The van der Waals surface area contributed by atoms with Gasteiger partial charge < -0.3 is 9.64 Å². The minimum atomic E-state index is -1.21. The third kappa shape index (κ3) is 4.16. The van der Waals surface area contributed by atoms with Crippen molar-refractivity contribution in [3.05, 3.63) is 42.0 Å². The van der Waals surface area contributed by atoms with Gasteiger partial charge in [0.05, 0.1) is 12.4 Å². The maximum atomic E-state index is 14.0. The Labute approximate surface area is 175 Å². The largest absolute Gasteiger partial charge is 0.496 e. The van der Waals surface area contributed by atoms with E-state index in [1.807, 2.05) is 41.3 Å². The van der Waals surface area contributed by atoms with E-state index in [-0.39, 0.29) is 22.4 Å². The van der Waals surface area contributed by atoms with Crippen LogP contribution in [0.5, 0.6) is 5.75 Å². The Morgan fingerprint density at radius 1 is 1.03 bits per heavy atom. The first-order chi connectivity index (χ1) is 13.6. The lowest BCUT2D eigenvalue weighted by Gasteiger charge is -2.52. The van der Waals surface area contributed by atoms with Gasteiger partial charge in [0.25, 0.3) is 0 Å². The zero-order valence-electron chi connectivity index (χ0n) is 18.5. The fraction of sp³-hybridized carbons (Fsp3) is 0.500. The van der Waals surface area contributed by atoms with Gasteiger partial charge in [-0.15, -0.1) is 0 Å². The summed E-state index contributed by atoms with van der Waals surface area (Å²) in [5.74, 6) is 3.00. The maximum Gasteiger partial charge on any atom is 0.219 e. The maximum absolute atomic E-state index is 14.0. The van der Waals surface area contributed by atoms with Crippen molar-refractivity contribution < 1.29 is 14.3 Å². The van der Waals surface area contributed by atoms with Crippen LogP contribution in [0.25, 0.3) is 10.8 Å². The molecule has 0 N–H and O–H groups in total. The number of hydrogen-bond donors (Lipinski definition) is 0. The number of carbonyl (C=O) groups is 2. The second kappa shape index (κ2) is 8.02. The molecule has 1 fully saturated rings. The van der Waals surface area contributed by atoms with Crippen LogP contribution in [0.15, 0.2) is 36.4 Å². The van der Waals surface area contributed by atoms with Gasteiger partial charge in [-0.05, 0) is 40.7 Å². The van der Waals surface area contributed by atoms with Gasteiger partial charge in [0.1, 0.15) is 5.75 Å². The summed E-state index contributed by atoms with van der Waals surface area (Å²) < 4.78 is 5.52. The lowest BCUT2D eigenvalue weighted by molar-refractivity contribution is -0.128. The molecule has 1 aliphatic rings. The summed E-state index contributed by atoms with van der Waals surface area (Å²) in [4.78, 5) is 27.7. The summed E-state index contributed by atoms with van der Waals surface area (Å²) >= 11 is 0. The molecule has 0 saturated carbocycles. The number of Topliss-reactive ketones (excluding diaryl/α,β-unsaturated/α-hetero) is 1. The highest BCUT2D eigenvalue weighted by Gasteiger charge is 2.44. The first kappa shape index (κ1) is 21.7. The molecule has 1 atom stereocenters. The van der Waals surface area contributed by atoms with Crippen molar-refractivity contribution in [2.75, 3.05) is 38.0 Å². The molecule has 1 heterocycles. The van der Waals surface area contributed by atoms with Crippen molar-refractivity contribution in [3.63, 3.8) is 0 Å². The van der Waals surface area contributed by atoms with Gasteiger partial charge in [0.15, 0.2) is 5.78 Å². The molecule has 1 saturated heterocycles. The highest BCUT2D eigenvalue weighted by molar-refractivity contribution is 8.34. The smallest absolute Gasteiger partial charge is 0.219 e. The monoisotopic (exact) mass is 415 g/mol. The molecule has 1 aliphatic heterocycles. The lowest BCUT2D eigenvalue weighted by atomic mass is 9.85.